The predicted octanol–water partition coefficient (Wildman–Crippen LogP) is 4.96. The maximum Gasteiger partial charge on any atom is 0.257 e. The van der Waals surface area contributed by atoms with Gasteiger partial charge in [-0.05, 0) is 81.6 Å². The Hall–Kier alpha value is -1.99. The molecule has 0 aliphatic carbocycles. The van der Waals surface area contributed by atoms with Gasteiger partial charge in [-0.1, -0.05) is 35.3 Å². The predicted molar refractivity (Wildman–Crippen MR) is 128 cm³/mol. The van der Waals surface area contributed by atoms with Crippen molar-refractivity contribution in [1.29, 1.82) is 0 Å². The summed E-state index contributed by atoms with van der Waals surface area (Å²) in [5, 5.41) is 6.43. The van der Waals surface area contributed by atoms with E-state index in [4.69, 9.17) is 35.4 Å². The standard InChI is InChI=1S/C22H25Cl2N3O2S/c1-27(2)10-4-3-5-20(28)11-15-6-8-19(9-7-15)25-22(30)26-21(29)16-12-17(23)14-18(24)13-16/h6-9,12-14H,3-5,10-11H2,1-2H3,(H2,25,26,29,30). The van der Waals surface area contributed by atoms with Gasteiger partial charge in [0.05, 0.1) is 0 Å². The molecule has 0 aliphatic heterocycles. The van der Waals surface area contributed by atoms with Crippen LogP contribution in [0.1, 0.15) is 35.2 Å². The molecule has 8 heteroatoms. The van der Waals surface area contributed by atoms with Crippen molar-refractivity contribution in [3.63, 3.8) is 0 Å². The van der Waals surface area contributed by atoms with Crippen molar-refractivity contribution in [2.45, 2.75) is 25.7 Å². The maximum absolute atomic E-state index is 12.3. The highest BCUT2D eigenvalue weighted by Gasteiger charge is 2.10. The van der Waals surface area contributed by atoms with E-state index in [-0.39, 0.29) is 10.9 Å². The van der Waals surface area contributed by atoms with E-state index < -0.39 is 5.91 Å². The van der Waals surface area contributed by atoms with Crippen molar-refractivity contribution in [1.82, 2.24) is 10.2 Å². The lowest BCUT2D eigenvalue weighted by atomic mass is 10.0. The van der Waals surface area contributed by atoms with Crippen LogP contribution in [0.2, 0.25) is 10.0 Å². The van der Waals surface area contributed by atoms with Crippen LogP contribution in [-0.4, -0.2) is 42.3 Å². The molecule has 30 heavy (non-hydrogen) atoms. The zero-order valence-electron chi connectivity index (χ0n) is 17.0. The number of nitrogens with one attached hydrogen (secondary N) is 2. The fourth-order valence-corrected chi connectivity index (χ4v) is 3.53. The van der Waals surface area contributed by atoms with Crippen molar-refractivity contribution in [3.05, 3.63) is 63.6 Å². The Bertz CT molecular complexity index is 882. The molecule has 0 aliphatic rings. The molecule has 2 N–H and O–H groups in total. The molecular weight excluding hydrogens is 441 g/mol. The van der Waals surface area contributed by atoms with Gasteiger partial charge < -0.3 is 10.2 Å². The maximum atomic E-state index is 12.3. The van der Waals surface area contributed by atoms with Gasteiger partial charge >= 0.3 is 0 Å². The molecule has 160 valence electrons. The van der Waals surface area contributed by atoms with Crippen molar-refractivity contribution in [2.75, 3.05) is 26.0 Å². The number of amides is 1. The molecule has 0 atom stereocenters. The van der Waals surface area contributed by atoms with Crippen LogP contribution in [0.25, 0.3) is 0 Å². The van der Waals surface area contributed by atoms with Crippen LogP contribution in [0, 0.1) is 0 Å². The Morgan fingerprint density at radius 2 is 1.63 bits per heavy atom. The van der Waals surface area contributed by atoms with Gasteiger partial charge in [0.25, 0.3) is 5.91 Å². The number of anilines is 1. The first kappa shape index (κ1) is 24.3. The van der Waals surface area contributed by atoms with E-state index >= 15 is 0 Å². The smallest absolute Gasteiger partial charge is 0.257 e. The molecule has 0 spiro atoms. The molecule has 2 aromatic rings. The number of Topliss-reactive ketones (excluding diaryl/α,β-unsaturated/α-hetero) is 1. The Balaban J connectivity index is 1.81. The van der Waals surface area contributed by atoms with E-state index in [1.807, 2.05) is 38.4 Å². The van der Waals surface area contributed by atoms with E-state index in [0.29, 0.717) is 34.1 Å². The highest BCUT2D eigenvalue weighted by Crippen LogP contribution is 2.19. The minimum absolute atomic E-state index is 0.154. The molecular formula is C22H25Cl2N3O2S. The number of carbonyl (C=O) groups is 2. The highest BCUT2D eigenvalue weighted by molar-refractivity contribution is 7.80. The molecule has 0 aromatic heterocycles. The van der Waals surface area contributed by atoms with E-state index in [1.165, 1.54) is 12.1 Å². The van der Waals surface area contributed by atoms with Crippen molar-refractivity contribution in [3.8, 4) is 0 Å². The van der Waals surface area contributed by atoms with Gasteiger partial charge in [0.1, 0.15) is 5.78 Å². The molecule has 0 bridgehead atoms. The molecule has 2 rings (SSSR count). The minimum Gasteiger partial charge on any atom is -0.332 e. The molecule has 0 saturated heterocycles. The van der Waals surface area contributed by atoms with E-state index in [9.17, 15) is 9.59 Å². The summed E-state index contributed by atoms with van der Waals surface area (Å²) < 4.78 is 0. The number of halogens is 2. The normalized spacial score (nSPS) is 10.7. The summed E-state index contributed by atoms with van der Waals surface area (Å²) in [4.78, 5) is 26.5. The van der Waals surface area contributed by atoms with Crippen molar-refractivity contribution < 1.29 is 9.59 Å². The third-order valence-electron chi connectivity index (χ3n) is 4.28. The fourth-order valence-electron chi connectivity index (χ4n) is 2.79. The molecule has 1 amide bonds. The van der Waals surface area contributed by atoms with Crippen LogP contribution < -0.4 is 10.6 Å². The summed E-state index contributed by atoms with van der Waals surface area (Å²) in [6, 6.07) is 12.0. The summed E-state index contributed by atoms with van der Waals surface area (Å²) in [5.74, 6) is -0.175. The summed E-state index contributed by atoms with van der Waals surface area (Å²) in [6.07, 6.45) is 2.94. The number of unbranched alkanes of at least 4 members (excludes halogenated alkanes) is 1. The third kappa shape index (κ3) is 8.79. The topological polar surface area (TPSA) is 61.4 Å². The molecule has 0 unspecified atom stereocenters. The number of nitrogens with zero attached hydrogens (tertiary/aromatic N) is 1. The minimum atomic E-state index is -0.409. The number of hydrogen-bond acceptors (Lipinski definition) is 4. The summed E-state index contributed by atoms with van der Waals surface area (Å²) in [7, 11) is 4.06. The second kappa shape index (κ2) is 12.0. The Morgan fingerprint density at radius 1 is 1.00 bits per heavy atom. The molecule has 5 nitrogen and oxygen atoms in total. The zero-order chi connectivity index (χ0) is 22.1. The number of ketones is 1. The lowest BCUT2D eigenvalue weighted by Crippen LogP contribution is -2.34. The molecule has 2 aromatic carbocycles. The van der Waals surface area contributed by atoms with E-state index in [2.05, 4.69) is 15.5 Å². The van der Waals surface area contributed by atoms with Crippen LogP contribution in [0.3, 0.4) is 0 Å². The van der Waals surface area contributed by atoms with Crippen LogP contribution >= 0.6 is 35.4 Å². The average Bonchev–Trinajstić information content (AvgIpc) is 2.66. The first-order valence-corrected chi connectivity index (χ1v) is 10.7. The summed E-state index contributed by atoms with van der Waals surface area (Å²) >= 11 is 17.0. The van der Waals surface area contributed by atoms with Crippen LogP contribution in [0.15, 0.2) is 42.5 Å². The Morgan fingerprint density at radius 3 is 2.23 bits per heavy atom. The number of rotatable bonds is 9. The molecule has 0 fully saturated rings. The first-order chi connectivity index (χ1) is 14.2. The number of benzene rings is 2. The van der Waals surface area contributed by atoms with Crippen molar-refractivity contribution in [2.24, 2.45) is 0 Å². The number of hydrogen-bond donors (Lipinski definition) is 2. The fraction of sp³-hybridized carbons (Fsp3) is 0.318. The molecule has 0 saturated carbocycles. The Kier molecular flexibility index (Phi) is 9.72. The largest absolute Gasteiger partial charge is 0.332 e. The van der Waals surface area contributed by atoms with Crippen LogP contribution in [-0.2, 0) is 11.2 Å². The number of thiocarbonyl (C=S) groups is 1. The molecule has 0 heterocycles. The van der Waals surface area contributed by atoms with Gasteiger partial charge in [-0.25, -0.2) is 0 Å². The average molecular weight is 466 g/mol. The van der Waals surface area contributed by atoms with Gasteiger partial charge in [0, 0.05) is 34.1 Å². The lowest BCUT2D eigenvalue weighted by molar-refractivity contribution is -0.118. The summed E-state index contributed by atoms with van der Waals surface area (Å²) in [5.41, 5.74) is 1.98. The van der Waals surface area contributed by atoms with E-state index in [1.54, 1.807) is 6.07 Å². The van der Waals surface area contributed by atoms with E-state index in [0.717, 1.165) is 24.9 Å². The zero-order valence-corrected chi connectivity index (χ0v) is 19.3. The quantitative estimate of drug-likeness (QED) is 0.404. The monoisotopic (exact) mass is 465 g/mol. The van der Waals surface area contributed by atoms with Crippen molar-refractivity contribution >= 4 is 57.9 Å². The highest BCUT2D eigenvalue weighted by atomic mass is 35.5. The molecule has 0 radical (unpaired) electrons. The number of carbonyl (C=O) groups excluding carboxylic acids is 2. The van der Waals surface area contributed by atoms with Gasteiger partial charge in [-0.15, -0.1) is 0 Å². The second-order valence-electron chi connectivity index (χ2n) is 7.24. The van der Waals surface area contributed by atoms with Gasteiger partial charge in [0.15, 0.2) is 5.11 Å². The van der Waals surface area contributed by atoms with Gasteiger partial charge in [0.2, 0.25) is 0 Å². The lowest BCUT2D eigenvalue weighted by Gasteiger charge is -2.11. The first-order valence-electron chi connectivity index (χ1n) is 9.57. The Labute approximate surface area is 192 Å². The van der Waals surface area contributed by atoms with Gasteiger partial charge in [-0.3, -0.25) is 14.9 Å². The SMILES string of the molecule is CN(C)CCCCC(=O)Cc1ccc(NC(=S)NC(=O)c2cc(Cl)cc(Cl)c2)cc1. The second-order valence-corrected chi connectivity index (χ2v) is 8.52. The summed E-state index contributed by atoms with van der Waals surface area (Å²) in [6.45, 7) is 0.994. The third-order valence-corrected chi connectivity index (χ3v) is 4.92. The van der Waals surface area contributed by atoms with Crippen LogP contribution in [0.4, 0.5) is 5.69 Å². The van der Waals surface area contributed by atoms with Crippen LogP contribution in [0.5, 0.6) is 0 Å². The van der Waals surface area contributed by atoms with Gasteiger partial charge in [-0.2, -0.15) is 0 Å².